The van der Waals surface area contributed by atoms with Gasteiger partial charge < -0.3 is 5.32 Å². The van der Waals surface area contributed by atoms with Crippen LogP contribution in [-0.4, -0.2) is 37.3 Å². The van der Waals surface area contributed by atoms with Gasteiger partial charge in [-0.3, -0.25) is 9.20 Å². The molecule has 2 aliphatic rings. The fourth-order valence-corrected chi connectivity index (χ4v) is 7.01. The van der Waals surface area contributed by atoms with Gasteiger partial charge in [0.25, 0.3) is 0 Å². The number of fused-ring (bicyclic) bond motifs is 5. The zero-order valence-electron chi connectivity index (χ0n) is 17.7. The Kier molecular flexibility index (Phi) is 5.71. The summed E-state index contributed by atoms with van der Waals surface area (Å²) in [6.07, 6.45) is 10.2. The number of nitrogens with one attached hydrogen (secondary N) is 1. The Morgan fingerprint density at radius 3 is 2.87 bits per heavy atom. The molecule has 0 unspecified atom stereocenters. The molecule has 0 spiro atoms. The van der Waals surface area contributed by atoms with E-state index < -0.39 is 0 Å². The molecule has 6 nitrogen and oxygen atoms in total. The highest BCUT2D eigenvalue weighted by atomic mass is 32.2. The van der Waals surface area contributed by atoms with Crippen molar-refractivity contribution in [2.24, 2.45) is 5.92 Å². The average molecular weight is 444 g/mol. The van der Waals surface area contributed by atoms with Crippen LogP contribution in [-0.2, 0) is 24.1 Å². The summed E-state index contributed by atoms with van der Waals surface area (Å²) in [5.41, 5.74) is 2.34. The van der Waals surface area contributed by atoms with Crippen LogP contribution in [0.2, 0.25) is 0 Å². The summed E-state index contributed by atoms with van der Waals surface area (Å²) in [5.74, 6) is 2.18. The molecule has 1 saturated carbocycles. The average Bonchev–Trinajstić information content (AvgIpc) is 3.32. The third kappa shape index (κ3) is 3.73. The van der Waals surface area contributed by atoms with Crippen molar-refractivity contribution in [3.05, 3.63) is 16.3 Å². The van der Waals surface area contributed by atoms with Crippen LogP contribution < -0.4 is 5.32 Å². The lowest BCUT2D eigenvalue weighted by Gasteiger charge is -2.22. The number of aromatic nitrogens is 4. The summed E-state index contributed by atoms with van der Waals surface area (Å²) in [7, 11) is 0. The van der Waals surface area contributed by atoms with Crippen molar-refractivity contribution in [1.82, 2.24) is 24.9 Å². The van der Waals surface area contributed by atoms with E-state index in [9.17, 15) is 4.79 Å². The van der Waals surface area contributed by atoms with Gasteiger partial charge in [0.2, 0.25) is 5.91 Å². The van der Waals surface area contributed by atoms with Gasteiger partial charge in [0, 0.05) is 17.3 Å². The highest BCUT2D eigenvalue weighted by Crippen LogP contribution is 2.39. The Balaban J connectivity index is 1.43. The molecule has 1 amide bonds. The monoisotopic (exact) mass is 443 g/mol. The number of thiophene rings is 1. The Morgan fingerprint density at radius 1 is 1.23 bits per heavy atom. The third-order valence-corrected chi connectivity index (χ3v) is 8.53. The number of nitrogens with zero attached hydrogens (tertiary/aromatic N) is 4. The van der Waals surface area contributed by atoms with E-state index in [-0.39, 0.29) is 5.91 Å². The van der Waals surface area contributed by atoms with Crippen LogP contribution in [0.5, 0.6) is 0 Å². The second-order valence-electron chi connectivity index (χ2n) is 8.75. The number of carbonyl (C=O) groups is 1. The lowest BCUT2D eigenvalue weighted by molar-refractivity contribution is -0.119. The van der Waals surface area contributed by atoms with Gasteiger partial charge in [-0.2, -0.15) is 0 Å². The van der Waals surface area contributed by atoms with Gasteiger partial charge in [0.15, 0.2) is 10.8 Å². The number of thioether (sulfide) groups is 1. The second kappa shape index (κ2) is 8.46. The lowest BCUT2D eigenvalue weighted by atomic mass is 9.89. The molecule has 30 heavy (non-hydrogen) atoms. The zero-order chi connectivity index (χ0) is 20.7. The molecule has 1 fully saturated rings. The van der Waals surface area contributed by atoms with Crippen molar-refractivity contribution in [3.63, 3.8) is 0 Å². The van der Waals surface area contributed by atoms with Gasteiger partial charge in [0.1, 0.15) is 10.7 Å². The first-order valence-corrected chi connectivity index (χ1v) is 13.0. The zero-order valence-corrected chi connectivity index (χ0v) is 19.4. The molecule has 0 saturated heterocycles. The van der Waals surface area contributed by atoms with Gasteiger partial charge in [-0.15, -0.1) is 21.5 Å². The van der Waals surface area contributed by atoms with Crippen molar-refractivity contribution >= 4 is 44.9 Å². The molecular weight excluding hydrogens is 414 g/mol. The molecule has 0 bridgehead atoms. The van der Waals surface area contributed by atoms with Gasteiger partial charge >= 0.3 is 0 Å². The summed E-state index contributed by atoms with van der Waals surface area (Å²) < 4.78 is 2.09. The minimum absolute atomic E-state index is 0.0950. The smallest absolute Gasteiger partial charge is 0.230 e. The lowest BCUT2D eigenvalue weighted by Crippen LogP contribution is -2.37. The Labute approximate surface area is 185 Å². The largest absolute Gasteiger partial charge is 0.353 e. The Bertz CT molecular complexity index is 1080. The Hall–Kier alpha value is -1.67. The highest BCUT2D eigenvalue weighted by Gasteiger charge is 2.25. The first-order valence-electron chi connectivity index (χ1n) is 11.2. The summed E-state index contributed by atoms with van der Waals surface area (Å²) in [4.78, 5) is 20.0. The number of hydrogen-bond acceptors (Lipinski definition) is 6. The van der Waals surface area contributed by atoms with Gasteiger partial charge in [-0.25, -0.2) is 4.98 Å². The van der Waals surface area contributed by atoms with Crippen molar-refractivity contribution in [1.29, 1.82) is 0 Å². The standard InChI is InChI=1S/C22H29N5OS2/c1-3-17-24-21-19(15-10-9-13(2)11-16(15)30-21)20-25-26-22(27(17)20)29-12-18(28)23-14-7-5-4-6-8-14/h13-14H,3-12H2,1-2H3,(H,23,28)/t13-/m1/s1. The van der Waals surface area contributed by atoms with Crippen molar-refractivity contribution in [2.45, 2.75) is 82.8 Å². The van der Waals surface area contributed by atoms with Crippen molar-refractivity contribution in [3.8, 4) is 0 Å². The molecule has 0 radical (unpaired) electrons. The van der Waals surface area contributed by atoms with E-state index in [0.29, 0.717) is 11.8 Å². The molecule has 8 heteroatoms. The predicted molar refractivity (Wildman–Crippen MR) is 122 cm³/mol. The number of carbonyl (C=O) groups excluding carboxylic acids is 1. The number of aryl methyl sites for hydroxylation is 2. The molecule has 3 aromatic rings. The van der Waals surface area contributed by atoms with Crippen molar-refractivity contribution < 1.29 is 4.79 Å². The summed E-state index contributed by atoms with van der Waals surface area (Å²) >= 11 is 3.30. The van der Waals surface area contributed by atoms with Gasteiger partial charge in [-0.05, 0) is 43.6 Å². The molecule has 160 valence electrons. The first kappa shape index (κ1) is 20.2. The molecule has 0 aliphatic heterocycles. The number of hydrogen-bond donors (Lipinski definition) is 1. The van der Waals surface area contributed by atoms with E-state index in [2.05, 4.69) is 33.8 Å². The van der Waals surface area contributed by atoms with Crippen LogP contribution in [0.15, 0.2) is 5.16 Å². The second-order valence-corrected chi connectivity index (χ2v) is 10.8. The molecule has 0 aromatic carbocycles. The number of rotatable bonds is 5. The number of amides is 1. The molecular formula is C22H29N5OS2. The minimum Gasteiger partial charge on any atom is -0.353 e. The quantitative estimate of drug-likeness (QED) is 0.585. The molecule has 3 aromatic heterocycles. The molecule has 1 N–H and O–H groups in total. The minimum atomic E-state index is 0.0950. The molecule has 1 atom stereocenters. The van der Waals surface area contributed by atoms with Crippen LogP contribution >= 0.6 is 23.1 Å². The predicted octanol–water partition coefficient (Wildman–Crippen LogP) is 4.57. The maximum atomic E-state index is 12.5. The highest BCUT2D eigenvalue weighted by molar-refractivity contribution is 7.99. The maximum absolute atomic E-state index is 12.5. The topological polar surface area (TPSA) is 72.2 Å². The van der Waals surface area contributed by atoms with Crippen LogP contribution in [0, 0.1) is 5.92 Å². The maximum Gasteiger partial charge on any atom is 0.230 e. The normalized spacial score (nSPS) is 20.0. The summed E-state index contributed by atoms with van der Waals surface area (Å²) in [6.45, 7) is 4.45. The molecule has 3 heterocycles. The molecule has 2 aliphatic carbocycles. The molecule has 5 rings (SSSR count). The summed E-state index contributed by atoms with van der Waals surface area (Å²) in [5, 5.41) is 14.2. The fourth-order valence-electron chi connectivity index (χ4n) is 4.85. The SMILES string of the molecule is CCc1nc2sc3c(c2c2nnc(SCC(=O)NC4CCCCC4)n12)CC[C@@H](C)C3. The fraction of sp³-hybridized carbons (Fsp3) is 0.636. The van der Waals surface area contributed by atoms with E-state index in [1.807, 2.05) is 11.3 Å². The summed E-state index contributed by atoms with van der Waals surface area (Å²) in [6, 6.07) is 0.342. The van der Waals surface area contributed by atoms with Crippen molar-refractivity contribution in [2.75, 3.05) is 5.75 Å². The first-order chi connectivity index (χ1) is 14.6. The van der Waals surface area contributed by atoms with Crippen LogP contribution in [0.1, 0.15) is 68.6 Å². The van der Waals surface area contributed by atoms with E-state index in [4.69, 9.17) is 4.98 Å². The van der Waals surface area contributed by atoms with E-state index >= 15 is 0 Å². The van der Waals surface area contributed by atoms with Gasteiger partial charge in [-0.1, -0.05) is 44.9 Å². The van der Waals surface area contributed by atoms with Crippen LogP contribution in [0.4, 0.5) is 0 Å². The van der Waals surface area contributed by atoms with Gasteiger partial charge in [0.05, 0.1) is 11.1 Å². The van der Waals surface area contributed by atoms with E-state index in [1.165, 1.54) is 53.3 Å². The van der Waals surface area contributed by atoms with E-state index in [1.54, 1.807) is 0 Å². The van der Waals surface area contributed by atoms with Crippen LogP contribution in [0.3, 0.4) is 0 Å². The third-order valence-electron chi connectivity index (χ3n) is 6.46. The Morgan fingerprint density at radius 2 is 2.07 bits per heavy atom. The van der Waals surface area contributed by atoms with E-state index in [0.717, 1.165) is 59.5 Å². The van der Waals surface area contributed by atoms with Crippen LogP contribution in [0.25, 0.3) is 15.9 Å².